The summed E-state index contributed by atoms with van der Waals surface area (Å²) in [5.41, 5.74) is 3.18. The summed E-state index contributed by atoms with van der Waals surface area (Å²) in [6.45, 7) is 4.24. The Morgan fingerprint density at radius 1 is 1.14 bits per heavy atom. The van der Waals surface area contributed by atoms with Gasteiger partial charge in [0.05, 0.1) is 16.8 Å². The molecule has 0 fully saturated rings. The van der Waals surface area contributed by atoms with Crippen molar-refractivity contribution in [2.45, 2.75) is 30.4 Å². The third-order valence-electron chi connectivity index (χ3n) is 4.40. The van der Waals surface area contributed by atoms with Gasteiger partial charge < -0.3 is 5.32 Å². The molecule has 2 aromatic carbocycles. The smallest absolute Gasteiger partial charge is 0.234 e. The van der Waals surface area contributed by atoms with Crippen LogP contribution >= 0.6 is 11.8 Å². The molecule has 1 heterocycles. The van der Waals surface area contributed by atoms with Gasteiger partial charge in [-0.15, -0.1) is 11.8 Å². The van der Waals surface area contributed by atoms with E-state index in [9.17, 15) is 4.79 Å². The van der Waals surface area contributed by atoms with Crippen LogP contribution in [0.5, 0.6) is 0 Å². The van der Waals surface area contributed by atoms with Crippen LogP contribution < -0.4 is 5.32 Å². The van der Waals surface area contributed by atoms with Crippen LogP contribution in [0.15, 0.2) is 65.7 Å². The molecule has 0 saturated heterocycles. The van der Waals surface area contributed by atoms with Crippen molar-refractivity contribution >= 4 is 28.6 Å². The van der Waals surface area contributed by atoms with E-state index >= 15 is 0 Å². The average Bonchev–Trinajstić information content (AvgIpc) is 2.71. The molecule has 1 aromatic heterocycles. The lowest BCUT2D eigenvalue weighted by Gasteiger charge is -2.18. The first-order valence-electron chi connectivity index (χ1n) is 9.34. The lowest BCUT2D eigenvalue weighted by molar-refractivity contribution is -0.120. The summed E-state index contributed by atoms with van der Waals surface area (Å²) in [5, 5.41) is 12.3. The van der Waals surface area contributed by atoms with Crippen LogP contribution in [0, 0.1) is 17.2 Å². The summed E-state index contributed by atoms with van der Waals surface area (Å²) in [6, 6.07) is 20.4. The highest BCUT2D eigenvalue weighted by atomic mass is 32.2. The minimum atomic E-state index is -0.210. The summed E-state index contributed by atoms with van der Waals surface area (Å²) >= 11 is 1.55. The van der Waals surface area contributed by atoms with Gasteiger partial charge in [0.1, 0.15) is 6.54 Å². The Kier molecular flexibility index (Phi) is 6.67. The fraction of sp³-hybridized carbons (Fsp3) is 0.261. The average molecular weight is 390 g/mol. The highest BCUT2D eigenvalue weighted by Crippen LogP contribution is 2.32. The topological polar surface area (TPSA) is 65.8 Å². The number of hydrogen-bond acceptors (Lipinski definition) is 4. The predicted octanol–water partition coefficient (Wildman–Crippen LogP) is 5.05. The van der Waals surface area contributed by atoms with Gasteiger partial charge in [-0.25, -0.2) is 0 Å². The number of hydrogen-bond donors (Lipinski definition) is 1. The number of thioether (sulfide) groups is 1. The van der Waals surface area contributed by atoms with E-state index in [0.717, 1.165) is 33.3 Å². The zero-order chi connectivity index (χ0) is 19.9. The molecule has 1 atom stereocenters. The maximum Gasteiger partial charge on any atom is 0.234 e. The normalized spacial score (nSPS) is 11.9. The standard InChI is InChI=1S/C23H23N3OS/c1-16(2)15-21(23(27)26-14-12-24)28-19-10-8-17(9-11-19)20-7-3-5-18-6-4-13-25-22(18)20/h3-11,13,16,21H,14-15H2,1-2H3,(H,26,27). The molecule has 1 N–H and O–H groups in total. The van der Waals surface area contributed by atoms with Crippen LogP contribution in [-0.2, 0) is 4.79 Å². The molecule has 4 nitrogen and oxygen atoms in total. The zero-order valence-corrected chi connectivity index (χ0v) is 16.9. The third-order valence-corrected chi connectivity index (χ3v) is 5.63. The van der Waals surface area contributed by atoms with Gasteiger partial charge in [-0.2, -0.15) is 5.26 Å². The Labute approximate surface area is 170 Å². The number of amides is 1. The van der Waals surface area contributed by atoms with Crippen molar-refractivity contribution < 1.29 is 4.79 Å². The molecule has 0 aliphatic rings. The maximum atomic E-state index is 12.4. The second kappa shape index (κ2) is 9.38. The van der Waals surface area contributed by atoms with E-state index in [4.69, 9.17) is 5.26 Å². The number of carbonyl (C=O) groups is 1. The van der Waals surface area contributed by atoms with Crippen molar-refractivity contribution in [2.75, 3.05) is 6.54 Å². The second-order valence-electron chi connectivity index (χ2n) is 7.02. The van der Waals surface area contributed by atoms with Gasteiger partial charge >= 0.3 is 0 Å². The number of nitrogens with one attached hydrogen (secondary N) is 1. The molecule has 3 aromatic rings. The summed E-state index contributed by atoms with van der Waals surface area (Å²) in [6.07, 6.45) is 2.57. The number of nitriles is 1. The molecule has 28 heavy (non-hydrogen) atoms. The van der Waals surface area contributed by atoms with Gasteiger partial charge in [-0.1, -0.05) is 50.2 Å². The summed E-state index contributed by atoms with van der Waals surface area (Å²) in [7, 11) is 0. The van der Waals surface area contributed by atoms with Crippen LogP contribution in [0.4, 0.5) is 0 Å². The van der Waals surface area contributed by atoms with E-state index in [1.165, 1.54) is 0 Å². The molecule has 0 bridgehead atoms. The molecular weight excluding hydrogens is 366 g/mol. The van der Waals surface area contributed by atoms with Gasteiger partial charge in [-0.05, 0) is 36.1 Å². The van der Waals surface area contributed by atoms with Crippen LogP contribution in [-0.4, -0.2) is 22.7 Å². The number of para-hydroxylation sites is 1. The summed E-state index contributed by atoms with van der Waals surface area (Å²) in [5.74, 6) is 0.314. The molecule has 142 valence electrons. The van der Waals surface area contributed by atoms with E-state index in [1.54, 1.807) is 11.8 Å². The van der Waals surface area contributed by atoms with Crippen LogP contribution in [0.3, 0.4) is 0 Å². The largest absolute Gasteiger partial charge is 0.342 e. The van der Waals surface area contributed by atoms with E-state index in [-0.39, 0.29) is 17.7 Å². The SMILES string of the molecule is CC(C)CC(Sc1ccc(-c2cccc3cccnc23)cc1)C(=O)NCC#N. The molecule has 1 unspecified atom stereocenters. The minimum Gasteiger partial charge on any atom is -0.342 e. The van der Waals surface area contributed by atoms with Crippen molar-refractivity contribution in [2.24, 2.45) is 5.92 Å². The number of benzene rings is 2. The van der Waals surface area contributed by atoms with Crippen molar-refractivity contribution in [3.05, 3.63) is 60.8 Å². The number of nitrogens with zero attached hydrogens (tertiary/aromatic N) is 2. The molecule has 0 aliphatic carbocycles. The maximum absolute atomic E-state index is 12.4. The summed E-state index contributed by atoms with van der Waals surface area (Å²) in [4.78, 5) is 18.0. The molecule has 1 amide bonds. The van der Waals surface area contributed by atoms with Gasteiger partial charge in [0.15, 0.2) is 0 Å². The molecule has 5 heteroatoms. The Hall–Kier alpha value is -2.84. The van der Waals surface area contributed by atoms with Gasteiger partial charge in [0.25, 0.3) is 0 Å². The number of aromatic nitrogens is 1. The second-order valence-corrected chi connectivity index (χ2v) is 8.29. The Morgan fingerprint density at radius 3 is 2.61 bits per heavy atom. The first kappa shape index (κ1) is 19.9. The predicted molar refractivity (Wildman–Crippen MR) is 115 cm³/mol. The van der Waals surface area contributed by atoms with E-state index < -0.39 is 0 Å². The molecule has 0 radical (unpaired) electrons. The third kappa shape index (κ3) is 4.90. The van der Waals surface area contributed by atoms with E-state index in [2.05, 4.69) is 54.5 Å². The summed E-state index contributed by atoms with van der Waals surface area (Å²) < 4.78 is 0. The molecule has 0 spiro atoms. The number of fused-ring (bicyclic) bond motifs is 1. The highest BCUT2D eigenvalue weighted by molar-refractivity contribution is 8.00. The lowest BCUT2D eigenvalue weighted by Crippen LogP contribution is -2.33. The van der Waals surface area contributed by atoms with Crippen LogP contribution in [0.25, 0.3) is 22.0 Å². The zero-order valence-electron chi connectivity index (χ0n) is 16.1. The Balaban J connectivity index is 1.81. The molecule has 0 saturated carbocycles. The van der Waals surface area contributed by atoms with Crippen molar-refractivity contribution in [3.63, 3.8) is 0 Å². The van der Waals surface area contributed by atoms with E-state index in [1.807, 2.05) is 36.5 Å². The fourth-order valence-electron chi connectivity index (χ4n) is 3.09. The molecule has 0 aliphatic heterocycles. The van der Waals surface area contributed by atoms with Crippen molar-refractivity contribution in [1.82, 2.24) is 10.3 Å². The van der Waals surface area contributed by atoms with Crippen molar-refractivity contribution in [3.8, 4) is 17.2 Å². The number of carbonyl (C=O) groups excluding carboxylic acids is 1. The van der Waals surface area contributed by atoms with Gasteiger partial charge in [0, 0.05) is 22.0 Å². The quantitative estimate of drug-likeness (QED) is 0.454. The molecular formula is C23H23N3OS. The Morgan fingerprint density at radius 2 is 1.89 bits per heavy atom. The van der Waals surface area contributed by atoms with Crippen LogP contribution in [0.1, 0.15) is 20.3 Å². The monoisotopic (exact) mass is 389 g/mol. The number of pyridine rings is 1. The highest BCUT2D eigenvalue weighted by Gasteiger charge is 2.21. The Bertz CT molecular complexity index is 987. The minimum absolute atomic E-state index is 0.0427. The lowest BCUT2D eigenvalue weighted by atomic mass is 10.0. The first-order chi connectivity index (χ1) is 13.6. The first-order valence-corrected chi connectivity index (χ1v) is 10.2. The molecule has 3 rings (SSSR count). The van der Waals surface area contributed by atoms with Crippen LogP contribution in [0.2, 0.25) is 0 Å². The number of rotatable bonds is 7. The van der Waals surface area contributed by atoms with Crippen molar-refractivity contribution in [1.29, 1.82) is 5.26 Å². The van der Waals surface area contributed by atoms with Gasteiger partial charge in [-0.3, -0.25) is 9.78 Å². The van der Waals surface area contributed by atoms with E-state index in [0.29, 0.717) is 5.92 Å². The van der Waals surface area contributed by atoms with Gasteiger partial charge in [0.2, 0.25) is 5.91 Å². The fourth-order valence-corrected chi connectivity index (χ4v) is 4.39.